The Morgan fingerprint density at radius 3 is 2.00 bits per heavy atom. The van der Waals surface area contributed by atoms with E-state index in [0.29, 0.717) is 6.61 Å². The molecule has 0 spiro atoms. The van der Waals surface area contributed by atoms with Crippen molar-refractivity contribution in [3.05, 3.63) is 0 Å². The van der Waals surface area contributed by atoms with E-state index >= 15 is 0 Å². The molecule has 3 heteroatoms. The molecule has 2 rings (SSSR count). The molecule has 0 bridgehead atoms. The van der Waals surface area contributed by atoms with E-state index in [2.05, 4.69) is 9.80 Å². The Hall–Kier alpha value is -0.120. The Labute approximate surface area is 106 Å². The van der Waals surface area contributed by atoms with Crippen LogP contribution in [-0.2, 0) is 0 Å². The zero-order valence-electron chi connectivity index (χ0n) is 11.1. The fourth-order valence-electron chi connectivity index (χ4n) is 3.15. The second kappa shape index (κ2) is 7.34. The lowest BCUT2D eigenvalue weighted by Crippen LogP contribution is -2.41. The van der Waals surface area contributed by atoms with E-state index in [1.807, 2.05) is 0 Å². The SMILES string of the molecule is OCCC1CCN(CCN2CCCCC2)CC1. The largest absolute Gasteiger partial charge is 0.396 e. The maximum Gasteiger partial charge on any atom is 0.0433 e. The van der Waals surface area contributed by atoms with Gasteiger partial charge >= 0.3 is 0 Å². The lowest BCUT2D eigenvalue weighted by Gasteiger charge is -2.34. The Balaban J connectivity index is 1.57. The van der Waals surface area contributed by atoms with Gasteiger partial charge in [-0.3, -0.25) is 0 Å². The van der Waals surface area contributed by atoms with Crippen LogP contribution in [0.4, 0.5) is 0 Å². The fourth-order valence-corrected chi connectivity index (χ4v) is 3.15. The van der Waals surface area contributed by atoms with Crippen LogP contribution in [0.15, 0.2) is 0 Å². The normalized spacial score (nSPS) is 25.2. The van der Waals surface area contributed by atoms with Gasteiger partial charge in [-0.15, -0.1) is 0 Å². The molecule has 3 nitrogen and oxygen atoms in total. The first-order valence-electron chi connectivity index (χ1n) is 7.44. The average Bonchev–Trinajstić information content (AvgIpc) is 2.40. The van der Waals surface area contributed by atoms with E-state index in [1.54, 1.807) is 0 Å². The zero-order chi connectivity index (χ0) is 11.9. The third-order valence-electron chi connectivity index (χ3n) is 4.43. The van der Waals surface area contributed by atoms with Crippen LogP contribution in [-0.4, -0.2) is 60.8 Å². The lowest BCUT2D eigenvalue weighted by atomic mass is 9.94. The van der Waals surface area contributed by atoms with Crippen molar-refractivity contribution in [2.45, 2.75) is 38.5 Å². The van der Waals surface area contributed by atoms with Crippen LogP contribution < -0.4 is 0 Å². The number of aliphatic hydroxyl groups is 1. The quantitative estimate of drug-likeness (QED) is 0.790. The van der Waals surface area contributed by atoms with Gasteiger partial charge < -0.3 is 14.9 Å². The molecule has 2 fully saturated rings. The van der Waals surface area contributed by atoms with Gasteiger partial charge in [0.05, 0.1) is 0 Å². The van der Waals surface area contributed by atoms with Crippen molar-refractivity contribution in [3.63, 3.8) is 0 Å². The molecule has 0 aliphatic carbocycles. The maximum absolute atomic E-state index is 8.94. The van der Waals surface area contributed by atoms with E-state index in [9.17, 15) is 0 Å². The molecule has 1 N–H and O–H groups in total. The standard InChI is InChI=1S/C14H28N2O/c17-13-6-14-4-9-16(10-5-14)12-11-15-7-2-1-3-8-15/h14,17H,1-13H2. The summed E-state index contributed by atoms with van der Waals surface area (Å²) in [5.41, 5.74) is 0. The third-order valence-corrected chi connectivity index (χ3v) is 4.43. The van der Waals surface area contributed by atoms with Crippen LogP contribution in [0.2, 0.25) is 0 Å². The van der Waals surface area contributed by atoms with Crippen molar-refractivity contribution >= 4 is 0 Å². The van der Waals surface area contributed by atoms with Gasteiger partial charge in [-0.25, -0.2) is 0 Å². The van der Waals surface area contributed by atoms with Crippen LogP contribution in [0.25, 0.3) is 0 Å². The summed E-state index contributed by atoms with van der Waals surface area (Å²) >= 11 is 0. The average molecular weight is 240 g/mol. The number of piperidine rings is 2. The van der Waals surface area contributed by atoms with Crippen LogP contribution >= 0.6 is 0 Å². The molecule has 2 heterocycles. The van der Waals surface area contributed by atoms with Gasteiger partial charge in [0.15, 0.2) is 0 Å². The van der Waals surface area contributed by atoms with Gasteiger partial charge in [-0.05, 0) is 64.2 Å². The minimum atomic E-state index is 0.373. The summed E-state index contributed by atoms with van der Waals surface area (Å²) in [7, 11) is 0. The predicted molar refractivity (Wildman–Crippen MR) is 71.2 cm³/mol. The maximum atomic E-state index is 8.94. The molecular weight excluding hydrogens is 212 g/mol. The van der Waals surface area contributed by atoms with Crippen molar-refractivity contribution in [2.24, 2.45) is 5.92 Å². The van der Waals surface area contributed by atoms with Crippen molar-refractivity contribution < 1.29 is 5.11 Å². The number of nitrogens with zero attached hydrogens (tertiary/aromatic N) is 2. The first kappa shape index (κ1) is 13.3. The molecule has 2 aliphatic rings. The number of hydrogen-bond donors (Lipinski definition) is 1. The van der Waals surface area contributed by atoms with Crippen LogP contribution in [0.3, 0.4) is 0 Å². The summed E-state index contributed by atoms with van der Waals surface area (Å²) in [5.74, 6) is 0.784. The van der Waals surface area contributed by atoms with E-state index in [1.165, 1.54) is 71.4 Å². The minimum Gasteiger partial charge on any atom is -0.396 e. The highest BCUT2D eigenvalue weighted by Crippen LogP contribution is 2.19. The molecule has 0 atom stereocenters. The van der Waals surface area contributed by atoms with Gasteiger partial charge in [0.2, 0.25) is 0 Å². The second-order valence-corrected chi connectivity index (χ2v) is 5.70. The molecule has 0 unspecified atom stereocenters. The van der Waals surface area contributed by atoms with Crippen LogP contribution in [0.5, 0.6) is 0 Å². The monoisotopic (exact) mass is 240 g/mol. The number of rotatable bonds is 5. The molecule has 0 amide bonds. The smallest absolute Gasteiger partial charge is 0.0433 e. The summed E-state index contributed by atoms with van der Waals surface area (Å²) < 4.78 is 0. The summed E-state index contributed by atoms with van der Waals surface area (Å²) in [6, 6.07) is 0. The highest BCUT2D eigenvalue weighted by molar-refractivity contribution is 4.74. The highest BCUT2D eigenvalue weighted by atomic mass is 16.3. The summed E-state index contributed by atoms with van der Waals surface area (Å²) in [4.78, 5) is 5.24. The molecule has 2 aliphatic heterocycles. The van der Waals surface area contributed by atoms with E-state index in [-0.39, 0.29) is 0 Å². The summed E-state index contributed by atoms with van der Waals surface area (Å²) in [5, 5.41) is 8.94. The van der Waals surface area contributed by atoms with Gasteiger partial charge in [0.25, 0.3) is 0 Å². The molecular formula is C14H28N2O. The fraction of sp³-hybridized carbons (Fsp3) is 1.00. The third kappa shape index (κ3) is 4.57. The zero-order valence-corrected chi connectivity index (χ0v) is 11.1. The molecule has 0 aromatic carbocycles. The van der Waals surface area contributed by atoms with Crippen LogP contribution in [0, 0.1) is 5.92 Å². The minimum absolute atomic E-state index is 0.373. The van der Waals surface area contributed by atoms with Crippen molar-refractivity contribution in [3.8, 4) is 0 Å². The van der Waals surface area contributed by atoms with E-state index in [4.69, 9.17) is 5.11 Å². The molecule has 0 aromatic heterocycles. The molecule has 0 aromatic rings. The molecule has 0 saturated carbocycles. The van der Waals surface area contributed by atoms with Gasteiger partial charge in [-0.2, -0.15) is 0 Å². The lowest BCUT2D eigenvalue weighted by molar-refractivity contribution is 0.133. The van der Waals surface area contributed by atoms with Gasteiger partial charge in [-0.1, -0.05) is 6.42 Å². The Morgan fingerprint density at radius 1 is 0.824 bits per heavy atom. The first-order valence-corrected chi connectivity index (χ1v) is 7.44. The number of aliphatic hydroxyl groups excluding tert-OH is 1. The highest BCUT2D eigenvalue weighted by Gasteiger charge is 2.19. The Bertz CT molecular complexity index is 196. The van der Waals surface area contributed by atoms with Crippen molar-refractivity contribution in [1.29, 1.82) is 0 Å². The van der Waals surface area contributed by atoms with Gasteiger partial charge in [0.1, 0.15) is 0 Å². The topological polar surface area (TPSA) is 26.7 Å². The second-order valence-electron chi connectivity index (χ2n) is 5.70. The predicted octanol–water partition coefficient (Wildman–Crippen LogP) is 1.57. The number of likely N-dealkylation sites (tertiary alicyclic amines) is 2. The van der Waals surface area contributed by atoms with Crippen molar-refractivity contribution in [1.82, 2.24) is 9.80 Å². The Kier molecular flexibility index (Phi) is 5.75. The van der Waals surface area contributed by atoms with E-state index < -0.39 is 0 Å². The van der Waals surface area contributed by atoms with Crippen molar-refractivity contribution in [2.75, 3.05) is 45.9 Å². The molecule has 0 radical (unpaired) electrons. The van der Waals surface area contributed by atoms with E-state index in [0.717, 1.165) is 12.3 Å². The molecule has 2 saturated heterocycles. The Morgan fingerprint density at radius 2 is 1.41 bits per heavy atom. The first-order chi connectivity index (χ1) is 8.38. The summed E-state index contributed by atoms with van der Waals surface area (Å²) in [6.45, 7) is 8.04. The van der Waals surface area contributed by atoms with Gasteiger partial charge in [0, 0.05) is 19.7 Å². The number of hydrogen-bond acceptors (Lipinski definition) is 3. The molecule has 100 valence electrons. The summed E-state index contributed by atoms with van der Waals surface area (Å²) in [6.07, 6.45) is 7.83. The molecule has 17 heavy (non-hydrogen) atoms. The van der Waals surface area contributed by atoms with Crippen LogP contribution in [0.1, 0.15) is 38.5 Å².